The average Bonchev–Trinajstić information content (AvgIpc) is 2.39. The molecule has 2 nitrogen and oxygen atoms in total. The molecule has 1 saturated carbocycles. The van der Waals surface area contributed by atoms with E-state index >= 15 is 0 Å². The normalized spacial score (nSPS) is 35.2. The van der Waals surface area contributed by atoms with Crippen LogP contribution in [0, 0.1) is 0 Å². The Morgan fingerprint density at radius 1 is 0.909 bits per heavy atom. The first-order chi connectivity index (χ1) is 9.79. The molecule has 0 bridgehead atoms. The zero-order valence-corrected chi connectivity index (χ0v) is 16.7. The van der Waals surface area contributed by atoms with E-state index in [1.807, 2.05) is 0 Å². The van der Waals surface area contributed by atoms with Crippen LogP contribution in [0.1, 0.15) is 20.8 Å². The molecule has 0 aliphatic heterocycles. The number of ether oxygens (including phenoxy) is 1. The highest BCUT2D eigenvalue weighted by Crippen LogP contribution is 2.39. The molecule has 0 spiro atoms. The van der Waals surface area contributed by atoms with Crippen LogP contribution in [-0.2, 0) is 9.53 Å². The van der Waals surface area contributed by atoms with Gasteiger partial charge in [0, 0.05) is 19.4 Å². The van der Waals surface area contributed by atoms with Crippen LogP contribution in [0.15, 0.2) is 12.2 Å². The third kappa shape index (κ3) is 7.19. The van der Waals surface area contributed by atoms with Crippen molar-refractivity contribution in [2.24, 2.45) is 0 Å². The summed E-state index contributed by atoms with van der Waals surface area (Å²) in [7, 11) is 0. The van der Waals surface area contributed by atoms with Gasteiger partial charge in [-0.15, -0.1) is 69.6 Å². The number of alkyl halides is 7. The summed E-state index contributed by atoms with van der Waals surface area (Å²) in [5.74, 6) is -2.61. The van der Waals surface area contributed by atoms with Gasteiger partial charge in [0.25, 0.3) is 0 Å². The van der Waals surface area contributed by atoms with Gasteiger partial charge in [0.2, 0.25) is 5.85 Å². The molecule has 0 atom stereocenters. The third-order valence-electron chi connectivity index (χ3n) is 2.51. The Labute approximate surface area is 160 Å². The SMILES string of the molecule is C=C(C)C(=O)OC(C)(C)F.ClC1C(Cl)C(Cl)C(Cl)C(Cl)C1Cl. The lowest BCUT2D eigenvalue weighted by Crippen LogP contribution is -2.52. The molecule has 0 saturated heterocycles. The first-order valence-electron chi connectivity index (χ1n) is 6.21. The molecule has 0 aromatic heterocycles. The van der Waals surface area contributed by atoms with E-state index in [-0.39, 0.29) is 5.57 Å². The summed E-state index contributed by atoms with van der Waals surface area (Å²) in [5, 5.41) is -2.62. The van der Waals surface area contributed by atoms with E-state index in [2.05, 4.69) is 11.3 Å². The van der Waals surface area contributed by atoms with Gasteiger partial charge in [-0.1, -0.05) is 6.58 Å². The van der Waals surface area contributed by atoms with Crippen LogP contribution in [0.25, 0.3) is 0 Å². The summed E-state index contributed by atoms with van der Waals surface area (Å²) in [5.41, 5.74) is 0.200. The molecular formula is C13H17Cl6FO2. The van der Waals surface area contributed by atoms with Crippen molar-refractivity contribution in [1.82, 2.24) is 0 Å². The monoisotopic (exact) mass is 434 g/mol. The highest BCUT2D eigenvalue weighted by molar-refractivity contribution is 6.45. The van der Waals surface area contributed by atoms with Gasteiger partial charge >= 0.3 is 5.97 Å². The van der Waals surface area contributed by atoms with Crippen LogP contribution >= 0.6 is 69.6 Å². The fourth-order valence-electron chi connectivity index (χ4n) is 1.36. The topological polar surface area (TPSA) is 26.3 Å². The lowest BCUT2D eigenvalue weighted by atomic mass is 9.97. The van der Waals surface area contributed by atoms with Crippen molar-refractivity contribution < 1.29 is 13.9 Å². The van der Waals surface area contributed by atoms with E-state index in [1.165, 1.54) is 6.92 Å². The largest absolute Gasteiger partial charge is 0.426 e. The van der Waals surface area contributed by atoms with Crippen molar-refractivity contribution in [2.75, 3.05) is 0 Å². The van der Waals surface area contributed by atoms with Crippen LogP contribution in [0.2, 0.25) is 0 Å². The average molecular weight is 437 g/mol. The van der Waals surface area contributed by atoms with Crippen molar-refractivity contribution in [3.05, 3.63) is 12.2 Å². The number of carbonyl (C=O) groups excluding carboxylic acids is 1. The Kier molecular flexibility index (Phi) is 9.76. The zero-order chi connectivity index (χ0) is 17.8. The molecule has 0 amide bonds. The summed E-state index contributed by atoms with van der Waals surface area (Å²) in [6.45, 7) is 7.09. The molecule has 1 fully saturated rings. The summed E-state index contributed by atoms with van der Waals surface area (Å²) < 4.78 is 16.8. The smallest absolute Gasteiger partial charge is 0.335 e. The van der Waals surface area contributed by atoms with E-state index < -0.39 is 44.1 Å². The first-order valence-corrected chi connectivity index (χ1v) is 8.83. The van der Waals surface area contributed by atoms with Gasteiger partial charge in [0.15, 0.2) is 0 Å². The van der Waals surface area contributed by atoms with E-state index in [9.17, 15) is 9.18 Å². The van der Waals surface area contributed by atoms with Crippen molar-refractivity contribution in [3.8, 4) is 0 Å². The predicted octanol–water partition coefficient (Wildman–Crippen LogP) is 5.46. The van der Waals surface area contributed by atoms with E-state index in [0.717, 1.165) is 13.8 Å². The van der Waals surface area contributed by atoms with E-state index in [1.54, 1.807) is 0 Å². The number of hydrogen-bond acceptors (Lipinski definition) is 2. The molecule has 0 radical (unpaired) electrons. The minimum absolute atomic E-state index is 0.200. The van der Waals surface area contributed by atoms with Crippen molar-refractivity contribution in [3.63, 3.8) is 0 Å². The van der Waals surface area contributed by atoms with Crippen molar-refractivity contribution in [2.45, 2.75) is 58.9 Å². The Morgan fingerprint density at radius 3 is 1.23 bits per heavy atom. The number of rotatable bonds is 2. The summed E-state index contributed by atoms with van der Waals surface area (Å²) in [6.07, 6.45) is 0. The molecule has 0 aromatic carbocycles. The molecule has 9 heteroatoms. The number of hydrogen-bond donors (Lipinski definition) is 0. The standard InChI is InChI=1S/C7H11FO2.C6H6Cl6/c1-5(2)6(9)10-7(3,4)8;7-1-2(8)4(10)6(12)5(11)3(1)9/h1H2,2-4H3;1-6H. The predicted molar refractivity (Wildman–Crippen MR) is 93.9 cm³/mol. The minimum Gasteiger partial charge on any atom is -0.426 e. The van der Waals surface area contributed by atoms with Gasteiger partial charge in [-0.25, -0.2) is 4.79 Å². The van der Waals surface area contributed by atoms with Crippen molar-refractivity contribution >= 4 is 75.6 Å². The fourth-order valence-corrected chi connectivity index (χ4v) is 3.69. The molecule has 1 rings (SSSR count). The van der Waals surface area contributed by atoms with Crippen LogP contribution in [-0.4, -0.2) is 44.1 Å². The maximum absolute atomic E-state index is 12.5. The summed E-state index contributed by atoms with van der Waals surface area (Å²) in [6, 6.07) is 0. The summed E-state index contributed by atoms with van der Waals surface area (Å²) >= 11 is 35.3. The Balaban J connectivity index is 0.000000409. The maximum Gasteiger partial charge on any atom is 0.335 e. The van der Waals surface area contributed by atoms with E-state index in [0.29, 0.717) is 0 Å². The second-order valence-corrected chi connectivity index (χ2v) is 8.22. The molecule has 0 unspecified atom stereocenters. The van der Waals surface area contributed by atoms with Crippen molar-refractivity contribution in [1.29, 1.82) is 0 Å². The van der Waals surface area contributed by atoms with Crippen LogP contribution in [0.3, 0.4) is 0 Å². The molecule has 0 aromatic rings. The lowest BCUT2D eigenvalue weighted by Gasteiger charge is -2.37. The quantitative estimate of drug-likeness (QED) is 0.326. The van der Waals surface area contributed by atoms with Gasteiger partial charge in [-0.2, -0.15) is 4.39 Å². The molecule has 130 valence electrons. The first kappa shape index (κ1) is 22.9. The van der Waals surface area contributed by atoms with Gasteiger partial charge in [0.1, 0.15) is 0 Å². The number of halogens is 7. The molecule has 1 aliphatic carbocycles. The second kappa shape index (κ2) is 9.39. The Morgan fingerprint density at radius 2 is 1.14 bits per heavy atom. The zero-order valence-electron chi connectivity index (χ0n) is 12.1. The number of carbonyl (C=O) groups is 1. The number of esters is 1. The highest BCUT2D eigenvalue weighted by atomic mass is 35.5. The maximum atomic E-state index is 12.5. The Hall–Kier alpha value is 0.880. The molecule has 0 N–H and O–H groups in total. The van der Waals surface area contributed by atoms with Gasteiger partial charge < -0.3 is 4.74 Å². The highest BCUT2D eigenvalue weighted by Gasteiger charge is 2.46. The summed E-state index contributed by atoms with van der Waals surface area (Å²) in [4.78, 5) is 10.6. The van der Waals surface area contributed by atoms with Crippen LogP contribution in [0.4, 0.5) is 4.39 Å². The molecular weight excluding hydrogens is 420 g/mol. The molecule has 22 heavy (non-hydrogen) atoms. The van der Waals surface area contributed by atoms with Gasteiger partial charge in [-0.05, 0) is 6.92 Å². The molecule has 0 heterocycles. The van der Waals surface area contributed by atoms with Crippen LogP contribution < -0.4 is 0 Å². The fraction of sp³-hybridized carbons (Fsp3) is 0.769. The lowest BCUT2D eigenvalue weighted by molar-refractivity contribution is -0.168. The molecule has 1 aliphatic rings. The Bertz CT molecular complexity index is 342. The third-order valence-corrected chi connectivity index (χ3v) is 6.54. The second-order valence-electron chi connectivity index (χ2n) is 5.20. The van der Waals surface area contributed by atoms with Gasteiger partial charge in [-0.3, -0.25) is 0 Å². The van der Waals surface area contributed by atoms with Gasteiger partial charge in [0.05, 0.1) is 32.3 Å². The minimum atomic E-state index is -1.91. The van der Waals surface area contributed by atoms with Crippen LogP contribution in [0.5, 0.6) is 0 Å². The van der Waals surface area contributed by atoms with E-state index in [4.69, 9.17) is 69.6 Å².